The first-order chi connectivity index (χ1) is 9.75. The molecule has 3 rings (SSSR count). The lowest BCUT2D eigenvalue weighted by Crippen LogP contribution is -2.50. The van der Waals surface area contributed by atoms with E-state index in [1.165, 1.54) is 0 Å². The molecule has 3 atom stereocenters. The Labute approximate surface area is 119 Å². The van der Waals surface area contributed by atoms with Crippen LogP contribution in [0.3, 0.4) is 0 Å². The normalized spacial score (nSPS) is 27.8. The van der Waals surface area contributed by atoms with Gasteiger partial charge in [0.25, 0.3) is 0 Å². The van der Waals surface area contributed by atoms with Crippen LogP contribution in [0.25, 0.3) is 0 Å². The Morgan fingerprint density at radius 1 is 1.30 bits per heavy atom. The Kier molecular flexibility index (Phi) is 4.03. The minimum atomic E-state index is -0.544. The number of ether oxygens (including phenoxy) is 1. The Morgan fingerprint density at radius 3 is 2.90 bits per heavy atom. The van der Waals surface area contributed by atoms with E-state index in [-0.39, 0.29) is 5.91 Å². The van der Waals surface area contributed by atoms with Crippen molar-refractivity contribution in [1.82, 2.24) is 4.90 Å². The lowest BCUT2D eigenvalue weighted by Gasteiger charge is -2.41. The zero-order valence-electron chi connectivity index (χ0n) is 11.7. The van der Waals surface area contributed by atoms with Gasteiger partial charge in [-0.05, 0) is 24.8 Å². The molecule has 4 nitrogen and oxygen atoms in total. The number of hydrogen-bond acceptors (Lipinski definition) is 3. The molecule has 2 aliphatic rings. The number of amides is 1. The predicted molar refractivity (Wildman–Crippen MR) is 77.0 cm³/mol. The third-order valence-electron chi connectivity index (χ3n) is 4.45. The summed E-state index contributed by atoms with van der Waals surface area (Å²) in [6.07, 6.45) is 3.56. The zero-order chi connectivity index (χ0) is 13.9. The molecule has 20 heavy (non-hydrogen) atoms. The number of likely N-dealkylation sites (tertiary alicyclic amines) is 1. The molecular formula is C16H22N2O2. The number of rotatable bonds is 2. The zero-order valence-corrected chi connectivity index (χ0v) is 11.7. The fourth-order valence-electron chi connectivity index (χ4n) is 3.29. The van der Waals surface area contributed by atoms with Crippen molar-refractivity contribution >= 4 is 5.91 Å². The van der Waals surface area contributed by atoms with Crippen LogP contribution in [0.15, 0.2) is 30.3 Å². The number of carbonyl (C=O) groups is 1. The molecule has 108 valence electrons. The van der Waals surface area contributed by atoms with Crippen LogP contribution in [0.4, 0.5) is 0 Å². The highest BCUT2D eigenvalue weighted by Gasteiger charge is 2.35. The summed E-state index contributed by atoms with van der Waals surface area (Å²) in [6.45, 7) is 2.43. The van der Waals surface area contributed by atoms with Crippen LogP contribution in [0, 0.1) is 5.92 Å². The Hall–Kier alpha value is -1.39. The first-order valence-electron chi connectivity index (χ1n) is 7.46. The van der Waals surface area contributed by atoms with Crippen molar-refractivity contribution in [1.29, 1.82) is 0 Å². The highest BCUT2D eigenvalue weighted by Crippen LogP contribution is 2.29. The smallest absolute Gasteiger partial charge is 0.244 e. The second-order valence-electron chi connectivity index (χ2n) is 5.77. The molecular weight excluding hydrogens is 252 g/mol. The molecule has 2 N–H and O–H groups in total. The van der Waals surface area contributed by atoms with Crippen molar-refractivity contribution in [3.63, 3.8) is 0 Å². The van der Waals surface area contributed by atoms with E-state index in [0.29, 0.717) is 12.0 Å². The van der Waals surface area contributed by atoms with E-state index < -0.39 is 6.04 Å². The fraction of sp³-hybridized carbons (Fsp3) is 0.562. The van der Waals surface area contributed by atoms with E-state index in [4.69, 9.17) is 10.5 Å². The molecule has 0 radical (unpaired) electrons. The Morgan fingerprint density at radius 2 is 2.10 bits per heavy atom. The molecule has 0 saturated carbocycles. The van der Waals surface area contributed by atoms with E-state index >= 15 is 0 Å². The van der Waals surface area contributed by atoms with Gasteiger partial charge in [0.1, 0.15) is 6.04 Å². The molecule has 2 heterocycles. The lowest BCUT2D eigenvalue weighted by molar-refractivity contribution is -0.140. The summed E-state index contributed by atoms with van der Waals surface area (Å²) >= 11 is 0. The predicted octanol–water partition coefficient (Wildman–Crippen LogP) is 1.71. The first-order valence-corrected chi connectivity index (χ1v) is 7.46. The number of nitrogens with two attached hydrogens (primary N) is 1. The molecule has 0 unspecified atom stereocenters. The molecule has 0 aromatic heterocycles. The van der Waals surface area contributed by atoms with Crippen LogP contribution in [-0.2, 0) is 9.53 Å². The summed E-state index contributed by atoms with van der Waals surface area (Å²) in [5, 5.41) is 0. The summed E-state index contributed by atoms with van der Waals surface area (Å²) in [7, 11) is 0. The van der Waals surface area contributed by atoms with Gasteiger partial charge >= 0.3 is 0 Å². The maximum absolute atomic E-state index is 12.5. The van der Waals surface area contributed by atoms with Gasteiger partial charge in [0.15, 0.2) is 0 Å². The number of hydrogen-bond donors (Lipinski definition) is 1. The van der Waals surface area contributed by atoms with E-state index in [0.717, 1.165) is 44.5 Å². The highest BCUT2D eigenvalue weighted by molar-refractivity contribution is 5.83. The topological polar surface area (TPSA) is 55.6 Å². The first kappa shape index (κ1) is 13.6. The van der Waals surface area contributed by atoms with Crippen LogP contribution in [-0.4, -0.2) is 36.6 Å². The second-order valence-corrected chi connectivity index (χ2v) is 5.77. The number of benzene rings is 1. The van der Waals surface area contributed by atoms with Crippen molar-refractivity contribution < 1.29 is 9.53 Å². The van der Waals surface area contributed by atoms with Crippen LogP contribution >= 0.6 is 0 Å². The van der Waals surface area contributed by atoms with Gasteiger partial charge in [0.2, 0.25) is 5.91 Å². The van der Waals surface area contributed by atoms with E-state index in [9.17, 15) is 4.79 Å². The molecule has 4 heteroatoms. The van der Waals surface area contributed by atoms with Crippen LogP contribution in [0.1, 0.15) is 30.9 Å². The summed E-state index contributed by atoms with van der Waals surface area (Å²) in [5.74, 6) is 0.532. The van der Waals surface area contributed by atoms with Gasteiger partial charge in [-0.3, -0.25) is 4.79 Å². The third-order valence-corrected chi connectivity index (χ3v) is 4.45. The summed E-state index contributed by atoms with van der Waals surface area (Å²) in [5.41, 5.74) is 7.00. The van der Waals surface area contributed by atoms with Gasteiger partial charge < -0.3 is 15.4 Å². The Bertz CT molecular complexity index is 463. The molecule has 2 aliphatic heterocycles. The second kappa shape index (κ2) is 5.94. The van der Waals surface area contributed by atoms with Crippen molar-refractivity contribution in [3.8, 4) is 0 Å². The molecule has 0 bridgehead atoms. The average molecular weight is 274 g/mol. The quantitative estimate of drug-likeness (QED) is 0.893. The van der Waals surface area contributed by atoms with E-state index in [1.807, 2.05) is 35.2 Å². The van der Waals surface area contributed by atoms with Gasteiger partial charge in [-0.2, -0.15) is 0 Å². The molecule has 0 aliphatic carbocycles. The number of carbonyl (C=O) groups excluding carboxylic acids is 1. The van der Waals surface area contributed by atoms with Crippen LogP contribution in [0.2, 0.25) is 0 Å². The number of fused-ring (bicyclic) bond motifs is 1. The Balaban J connectivity index is 1.65. The van der Waals surface area contributed by atoms with Crippen molar-refractivity contribution in [2.45, 2.75) is 31.4 Å². The van der Waals surface area contributed by atoms with E-state index in [1.54, 1.807) is 0 Å². The summed E-state index contributed by atoms with van der Waals surface area (Å²) in [6, 6.07) is 9.06. The van der Waals surface area contributed by atoms with Gasteiger partial charge in [-0.25, -0.2) is 0 Å². The molecule has 1 aromatic carbocycles. The number of nitrogens with zero attached hydrogens (tertiary/aromatic N) is 1. The molecule has 1 aromatic rings. The molecule has 2 saturated heterocycles. The number of piperidine rings is 1. The SMILES string of the molecule is N[C@H](C(=O)N1CC[C@@H]2OCCC[C@H]2C1)c1ccccc1. The standard InChI is InChI=1S/C16H22N2O2/c17-15(12-5-2-1-3-6-12)16(19)18-9-8-14-13(11-18)7-4-10-20-14/h1-3,5-6,13-15H,4,7-11,17H2/t13-,14-,15-/m0/s1. The van der Waals surface area contributed by atoms with Gasteiger partial charge in [-0.15, -0.1) is 0 Å². The van der Waals surface area contributed by atoms with Gasteiger partial charge in [0.05, 0.1) is 6.10 Å². The minimum Gasteiger partial charge on any atom is -0.378 e. The van der Waals surface area contributed by atoms with Gasteiger partial charge in [0, 0.05) is 25.6 Å². The monoisotopic (exact) mass is 274 g/mol. The summed E-state index contributed by atoms with van der Waals surface area (Å²) in [4.78, 5) is 14.5. The molecule has 1 amide bonds. The minimum absolute atomic E-state index is 0.0419. The van der Waals surface area contributed by atoms with E-state index in [2.05, 4.69) is 0 Å². The maximum atomic E-state index is 12.5. The molecule has 0 spiro atoms. The third kappa shape index (κ3) is 2.72. The van der Waals surface area contributed by atoms with Gasteiger partial charge in [-0.1, -0.05) is 30.3 Å². The van der Waals surface area contributed by atoms with Crippen molar-refractivity contribution in [2.75, 3.05) is 19.7 Å². The van der Waals surface area contributed by atoms with Crippen LogP contribution < -0.4 is 5.73 Å². The molecule has 2 fully saturated rings. The fourth-order valence-corrected chi connectivity index (χ4v) is 3.29. The van der Waals surface area contributed by atoms with Crippen molar-refractivity contribution in [3.05, 3.63) is 35.9 Å². The maximum Gasteiger partial charge on any atom is 0.244 e. The highest BCUT2D eigenvalue weighted by atomic mass is 16.5. The average Bonchev–Trinajstić information content (AvgIpc) is 2.54. The largest absolute Gasteiger partial charge is 0.378 e. The van der Waals surface area contributed by atoms with Crippen molar-refractivity contribution in [2.24, 2.45) is 11.7 Å². The van der Waals surface area contributed by atoms with Crippen LogP contribution in [0.5, 0.6) is 0 Å². The summed E-state index contributed by atoms with van der Waals surface area (Å²) < 4.78 is 5.79. The lowest BCUT2D eigenvalue weighted by atomic mass is 9.88.